The average Bonchev–Trinajstić information content (AvgIpc) is 3.57. The van der Waals surface area contributed by atoms with E-state index < -0.39 is 0 Å². The quantitative estimate of drug-likeness (QED) is 0.587. The highest BCUT2D eigenvalue weighted by Crippen LogP contribution is 2.29. The summed E-state index contributed by atoms with van der Waals surface area (Å²) >= 11 is 0. The van der Waals surface area contributed by atoms with E-state index in [-0.39, 0.29) is 5.91 Å². The molecule has 0 radical (unpaired) electrons. The van der Waals surface area contributed by atoms with Crippen LogP contribution in [0.4, 0.5) is 5.69 Å². The van der Waals surface area contributed by atoms with Gasteiger partial charge in [0.15, 0.2) is 0 Å². The number of carbonyl (C=O) groups is 1. The number of hydrogen-bond donors (Lipinski definition) is 2. The second-order valence-corrected chi connectivity index (χ2v) is 7.73. The van der Waals surface area contributed by atoms with Gasteiger partial charge in [0.05, 0.1) is 17.9 Å². The van der Waals surface area contributed by atoms with Gasteiger partial charge >= 0.3 is 0 Å². The maximum Gasteiger partial charge on any atom is 0.219 e. The summed E-state index contributed by atoms with van der Waals surface area (Å²) in [5.41, 5.74) is 11.2. The second-order valence-electron chi connectivity index (χ2n) is 7.73. The molecule has 2 heterocycles. The number of amides is 1. The number of hydrogen-bond acceptors (Lipinski definition) is 4. The smallest absolute Gasteiger partial charge is 0.219 e. The van der Waals surface area contributed by atoms with Gasteiger partial charge in [-0.15, -0.1) is 0 Å². The molecule has 6 nitrogen and oxygen atoms in total. The Morgan fingerprint density at radius 3 is 2.86 bits per heavy atom. The summed E-state index contributed by atoms with van der Waals surface area (Å²) in [6.07, 6.45) is 5.14. The van der Waals surface area contributed by atoms with Crippen molar-refractivity contribution < 1.29 is 4.79 Å². The summed E-state index contributed by atoms with van der Waals surface area (Å²) < 4.78 is 0. The molecule has 4 rings (SSSR count). The zero-order valence-corrected chi connectivity index (χ0v) is 16.8. The van der Waals surface area contributed by atoms with Crippen molar-refractivity contribution in [2.24, 2.45) is 16.6 Å². The van der Waals surface area contributed by atoms with Gasteiger partial charge < -0.3 is 16.0 Å². The molecular weight excluding hydrogens is 362 g/mol. The third-order valence-electron chi connectivity index (χ3n) is 5.46. The third-order valence-corrected chi connectivity index (χ3v) is 5.46. The van der Waals surface area contributed by atoms with Crippen LogP contribution in [-0.2, 0) is 4.79 Å². The van der Waals surface area contributed by atoms with E-state index in [4.69, 9.17) is 5.73 Å². The number of nitrogens with one attached hydrogen (secondary N) is 1. The Morgan fingerprint density at radius 2 is 2.14 bits per heavy atom. The Morgan fingerprint density at radius 1 is 1.28 bits per heavy atom. The molecule has 3 N–H and O–H groups in total. The maximum atomic E-state index is 11.9. The van der Waals surface area contributed by atoms with Crippen molar-refractivity contribution in [2.75, 3.05) is 19.6 Å². The molecule has 2 aliphatic rings. The molecule has 0 saturated heterocycles. The largest absolute Gasteiger partial charge is 0.388 e. The maximum absolute atomic E-state index is 11.9. The van der Waals surface area contributed by atoms with Gasteiger partial charge in [0.25, 0.3) is 0 Å². The molecule has 1 saturated carbocycles. The molecule has 0 unspecified atom stereocenters. The van der Waals surface area contributed by atoms with E-state index in [0.29, 0.717) is 18.9 Å². The summed E-state index contributed by atoms with van der Waals surface area (Å²) in [6, 6.07) is 13.7. The molecule has 0 atom stereocenters. The standard InChI is InChI=1S/C23H27N5O/c1-16(29)28-12-10-22(26-14-17-8-9-17)20(15-28)23(24)27-19-6-4-5-18(13-19)21-7-2-3-11-25-21/h2-7,11,13,17,26H,8-10,12,14-15H2,1H3,(H2,24,27). The molecule has 1 fully saturated rings. The van der Waals surface area contributed by atoms with Crippen molar-refractivity contribution in [3.05, 3.63) is 59.9 Å². The highest BCUT2D eigenvalue weighted by Gasteiger charge is 2.26. The molecule has 6 heteroatoms. The van der Waals surface area contributed by atoms with Crippen molar-refractivity contribution in [2.45, 2.75) is 26.2 Å². The number of carbonyl (C=O) groups excluding carboxylic acids is 1. The van der Waals surface area contributed by atoms with Crippen molar-refractivity contribution in [3.8, 4) is 11.3 Å². The van der Waals surface area contributed by atoms with Crippen LogP contribution in [-0.4, -0.2) is 41.3 Å². The second kappa shape index (κ2) is 8.47. The molecule has 0 spiro atoms. The number of aliphatic imine (C=N–C) groups is 1. The lowest BCUT2D eigenvalue weighted by atomic mass is 10.0. The molecule has 150 valence electrons. The van der Waals surface area contributed by atoms with E-state index in [1.54, 1.807) is 13.1 Å². The highest BCUT2D eigenvalue weighted by molar-refractivity contribution is 6.00. The SMILES string of the molecule is CC(=O)N1CCC(NCC2CC2)=C(C(N)=Nc2cccc(-c3ccccn3)c2)C1. The summed E-state index contributed by atoms with van der Waals surface area (Å²) in [7, 11) is 0. The first-order valence-corrected chi connectivity index (χ1v) is 10.2. The Kier molecular flexibility index (Phi) is 5.60. The first-order chi connectivity index (χ1) is 14.1. The fourth-order valence-electron chi connectivity index (χ4n) is 3.53. The number of nitrogens with two attached hydrogens (primary N) is 1. The molecule has 0 bridgehead atoms. The number of rotatable bonds is 6. The lowest BCUT2D eigenvalue weighted by molar-refractivity contribution is -0.128. The molecule has 1 amide bonds. The van der Waals surface area contributed by atoms with E-state index in [1.807, 2.05) is 47.4 Å². The number of amidine groups is 1. The van der Waals surface area contributed by atoms with Crippen LogP contribution in [0.5, 0.6) is 0 Å². The normalized spacial score (nSPS) is 17.4. The lowest BCUT2D eigenvalue weighted by Crippen LogP contribution is -2.41. The molecule has 1 aliphatic heterocycles. The van der Waals surface area contributed by atoms with Crippen LogP contribution in [0.3, 0.4) is 0 Å². The monoisotopic (exact) mass is 389 g/mol. The summed E-state index contributed by atoms with van der Waals surface area (Å²) in [4.78, 5) is 22.8. The number of aromatic nitrogens is 1. The van der Waals surface area contributed by atoms with Crippen LogP contribution in [0.25, 0.3) is 11.3 Å². The fraction of sp³-hybridized carbons (Fsp3) is 0.348. The highest BCUT2D eigenvalue weighted by atomic mass is 16.2. The molecule has 1 aliphatic carbocycles. The molecule has 1 aromatic heterocycles. The van der Waals surface area contributed by atoms with Gasteiger partial charge in [-0.25, -0.2) is 4.99 Å². The van der Waals surface area contributed by atoms with Crippen molar-refractivity contribution in [3.63, 3.8) is 0 Å². The summed E-state index contributed by atoms with van der Waals surface area (Å²) in [5.74, 6) is 1.30. The zero-order chi connectivity index (χ0) is 20.2. The minimum atomic E-state index is 0.0636. The van der Waals surface area contributed by atoms with E-state index in [2.05, 4.69) is 15.3 Å². The summed E-state index contributed by atoms with van der Waals surface area (Å²) in [6.45, 7) is 3.79. The van der Waals surface area contributed by atoms with Crippen molar-refractivity contribution in [1.29, 1.82) is 0 Å². The van der Waals surface area contributed by atoms with Crippen LogP contribution in [0.2, 0.25) is 0 Å². The minimum Gasteiger partial charge on any atom is -0.388 e. The summed E-state index contributed by atoms with van der Waals surface area (Å²) in [5, 5.41) is 3.57. The molecule has 29 heavy (non-hydrogen) atoms. The molecule has 1 aromatic carbocycles. The van der Waals surface area contributed by atoms with Gasteiger partial charge in [0.2, 0.25) is 5.91 Å². The Hall–Kier alpha value is -3.15. The minimum absolute atomic E-state index is 0.0636. The number of nitrogens with zero attached hydrogens (tertiary/aromatic N) is 3. The van der Waals surface area contributed by atoms with Crippen molar-refractivity contribution >= 4 is 17.4 Å². The average molecular weight is 390 g/mol. The molecular formula is C23H27N5O. The van der Waals surface area contributed by atoms with Gasteiger partial charge in [-0.3, -0.25) is 9.78 Å². The third kappa shape index (κ3) is 4.83. The van der Waals surface area contributed by atoms with Gasteiger partial charge in [-0.05, 0) is 43.0 Å². The predicted octanol–water partition coefficient (Wildman–Crippen LogP) is 3.24. The molecule has 2 aromatic rings. The van der Waals surface area contributed by atoms with Crippen LogP contribution in [0, 0.1) is 5.92 Å². The van der Waals surface area contributed by atoms with Crippen LogP contribution < -0.4 is 11.1 Å². The van der Waals surface area contributed by atoms with Crippen LogP contribution in [0.15, 0.2) is 64.9 Å². The fourth-order valence-corrected chi connectivity index (χ4v) is 3.53. The lowest BCUT2D eigenvalue weighted by Gasteiger charge is -2.30. The Balaban J connectivity index is 1.61. The van der Waals surface area contributed by atoms with E-state index in [0.717, 1.165) is 47.1 Å². The predicted molar refractivity (Wildman–Crippen MR) is 116 cm³/mol. The first kappa shape index (κ1) is 19.2. The first-order valence-electron chi connectivity index (χ1n) is 10.2. The van der Waals surface area contributed by atoms with Crippen molar-refractivity contribution in [1.82, 2.24) is 15.2 Å². The number of benzene rings is 1. The van der Waals surface area contributed by atoms with E-state index in [9.17, 15) is 4.79 Å². The number of pyridine rings is 1. The Labute approximate surface area is 171 Å². The Bertz CT molecular complexity index is 947. The van der Waals surface area contributed by atoms with Gasteiger partial charge in [-0.1, -0.05) is 18.2 Å². The van der Waals surface area contributed by atoms with Crippen LogP contribution >= 0.6 is 0 Å². The van der Waals surface area contributed by atoms with Gasteiger partial charge in [-0.2, -0.15) is 0 Å². The zero-order valence-electron chi connectivity index (χ0n) is 16.8. The van der Waals surface area contributed by atoms with Gasteiger partial charge in [0.1, 0.15) is 5.84 Å². The van der Waals surface area contributed by atoms with Gasteiger partial charge in [0, 0.05) is 49.5 Å². The van der Waals surface area contributed by atoms with E-state index >= 15 is 0 Å². The topological polar surface area (TPSA) is 83.6 Å². The van der Waals surface area contributed by atoms with E-state index in [1.165, 1.54) is 12.8 Å². The van der Waals surface area contributed by atoms with Crippen LogP contribution in [0.1, 0.15) is 26.2 Å².